The second-order valence-corrected chi connectivity index (χ2v) is 13.3. The number of anilines is 3. The SMILES string of the molecule is [C-]#[N+]/C(=C\C(C)(C)C)C(=O)N1CCC[C@@H](n2nc(-c3ccc(NC(=O)Nc4cc(C(C)(C)C)on4)cc3)c3c(N)ncnc32)C1. The fourth-order valence-electron chi connectivity index (χ4n) is 5.18. The maximum Gasteiger partial charge on any atom is 0.324 e. The van der Waals surface area contributed by atoms with Crippen molar-refractivity contribution < 1.29 is 14.1 Å². The number of fused-ring (bicyclic) bond motifs is 1. The van der Waals surface area contributed by atoms with Crippen LogP contribution in [-0.4, -0.2) is 54.8 Å². The van der Waals surface area contributed by atoms with Gasteiger partial charge in [-0.15, -0.1) is 0 Å². The molecule has 45 heavy (non-hydrogen) atoms. The minimum Gasteiger partial charge on any atom is -0.383 e. The fourth-order valence-corrected chi connectivity index (χ4v) is 5.18. The van der Waals surface area contributed by atoms with Gasteiger partial charge in [0, 0.05) is 35.8 Å². The van der Waals surface area contributed by atoms with Crippen LogP contribution in [0.3, 0.4) is 0 Å². The quantitative estimate of drug-likeness (QED) is 0.183. The third-order valence-electron chi connectivity index (χ3n) is 7.36. The third-order valence-corrected chi connectivity index (χ3v) is 7.36. The van der Waals surface area contributed by atoms with Gasteiger partial charge < -0.3 is 20.5 Å². The first-order valence-electron chi connectivity index (χ1n) is 14.8. The zero-order valence-corrected chi connectivity index (χ0v) is 26.4. The van der Waals surface area contributed by atoms with Crippen molar-refractivity contribution in [3.05, 3.63) is 65.6 Å². The number of carbonyl (C=O) groups is 2. The summed E-state index contributed by atoms with van der Waals surface area (Å²) in [6.07, 6.45) is 4.66. The van der Waals surface area contributed by atoms with Crippen LogP contribution in [0.15, 0.2) is 53.0 Å². The Kier molecular flexibility index (Phi) is 8.34. The molecule has 1 fully saturated rings. The molecule has 0 radical (unpaired) electrons. The molecule has 4 heterocycles. The number of nitrogen functional groups attached to an aromatic ring is 1. The number of rotatable bonds is 5. The van der Waals surface area contributed by atoms with Gasteiger partial charge in [0.1, 0.15) is 23.6 Å². The number of urea groups is 1. The van der Waals surface area contributed by atoms with Crippen LogP contribution >= 0.6 is 0 Å². The van der Waals surface area contributed by atoms with E-state index >= 15 is 0 Å². The van der Waals surface area contributed by atoms with Crippen LogP contribution < -0.4 is 16.4 Å². The normalized spacial score (nSPS) is 16.0. The number of aromatic nitrogens is 5. The molecule has 0 aliphatic carbocycles. The number of nitrogens with one attached hydrogen (secondary N) is 2. The molecule has 13 nitrogen and oxygen atoms in total. The molecule has 1 aliphatic heterocycles. The molecule has 1 atom stereocenters. The smallest absolute Gasteiger partial charge is 0.324 e. The van der Waals surface area contributed by atoms with E-state index in [0.717, 1.165) is 18.4 Å². The van der Waals surface area contributed by atoms with Gasteiger partial charge in [0.2, 0.25) is 5.70 Å². The number of amides is 3. The van der Waals surface area contributed by atoms with Crippen LogP contribution in [0.4, 0.5) is 22.1 Å². The van der Waals surface area contributed by atoms with Crippen LogP contribution in [-0.2, 0) is 10.2 Å². The van der Waals surface area contributed by atoms with Crippen LogP contribution in [0.1, 0.15) is 66.2 Å². The number of benzene rings is 1. The summed E-state index contributed by atoms with van der Waals surface area (Å²) in [5, 5.41) is 14.9. The van der Waals surface area contributed by atoms with Crippen molar-refractivity contribution in [1.82, 2.24) is 29.8 Å². The van der Waals surface area contributed by atoms with E-state index in [9.17, 15) is 9.59 Å². The van der Waals surface area contributed by atoms with Gasteiger partial charge in [0.15, 0.2) is 11.5 Å². The summed E-state index contributed by atoms with van der Waals surface area (Å²) in [4.78, 5) is 39.9. The molecule has 0 bridgehead atoms. The lowest BCUT2D eigenvalue weighted by Gasteiger charge is -2.33. The van der Waals surface area contributed by atoms with E-state index in [1.165, 1.54) is 6.33 Å². The summed E-state index contributed by atoms with van der Waals surface area (Å²) in [6, 6.07) is 8.25. The lowest BCUT2D eigenvalue weighted by Crippen LogP contribution is -2.41. The Morgan fingerprint density at radius 3 is 2.49 bits per heavy atom. The minimum atomic E-state index is -0.459. The molecule has 4 N–H and O–H groups in total. The molecule has 13 heteroatoms. The monoisotopic (exact) mass is 610 g/mol. The van der Waals surface area contributed by atoms with Crippen molar-refractivity contribution in [3.8, 4) is 11.3 Å². The first-order valence-corrected chi connectivity index (χ1v) is 14.8. The Morgan fingerprint density at radius 1 is 1.11 bits per heavy atom. The van der Waals surface area contributed by atoms with E-state index in [0.29, 0.717) is 47.1 Å². The molecular formula is C32H38N10O3. The molecule has 1 aliphatic rings. The molecule has 5 rings (SSSR count). The zero-order chi connectivity index (χ0) is 32.5. The Morgan fingerprint density at radius 2 is 1.84 bits per heavy atom. The summed E-state index contributed by atoms with van der Waals surface area (Å²) in [5.41, 5.74) is 8.40. The van der Waals surface area contributed by atoms with E-state index in [2.05, 4.69) is 30.6 Å². The van der Waals surface area contributed by atoms with Crippen LogP contribution in [0.25, 0.3) is 27.1 Å². The number of allylic oxidation sites excluding steroid dienone is 1. The summed E-state index contributed by atoms with van der Waals surface area (Å²) in [7, 11) is 0. The molecule has 1 saturated heterocycles. The zero-order valence-electron chi connectivity index (χ0n) is 26.4. The number of likely N-dealkylation sites (tertiary alicyclic amines) is 1. The Balaban J connectivity index is 1.36. The van der Waals surface area contributed by atoms with Gasteiger partial charge in [0.25, 0.3) is 5.91 Å². The lowest BCUT2D eigenvalue weighted by atomic mass is 9.93. The summed E-state index contributed by atoms with van der Waals surface area (Å²) in [6.45, 7) is 20.4. The molecule has 3 aromatic heterocycles. The lowest BCUT2D eigenvalue weighted by molar-refractivity contribution is -0.128. The third kappa shape index (κ3) is 6.95. The molecule has 234 valence electrons. The van der Waals surface area contributed by atoms with Gasteiger partial charge in [0.05, 0.1) is 18.0 Å². The highest BCUT2D eigenvalue weighted by Crippen LogP contribution is 2.34. The Labute approximate surface area is 261 Å². The average molecular weight is 611 g/mol. The maximum absolute atomic E-state index is 13.3. The number of nitrogens with two attached hydrogens (primary N) is 1. The van der Waals surface area contributed by atoms with Gasteiger partial charge in [-0.05, 0) is 30.4 Å². The van der Waals surface area contributed by atoms with Crippen molar-refractivity contribution in [3.63, 3.8) is 0 Å². The highest BCUT2D eigenvalue weighted by molar-refractivity contribution is 6.00. The summed E-state index contributed by atoms with van der Waals surface area (Å²) >= 11 is 0. The number of hydrogen-bond acceptors (Lipinski definition) is 8. The van der Waals surface area contributed by atoms with Gasteiger partial charge in [-0.3, -0.25) is 10.1 Å². The van der Waals surface area contributed by atoms with Gasteiger partial charge in [-0.25, -0.2) is 24.3 Å². The van der Waals surface area contributed by atoms with E-state index < -0.39 is 6.03 Å². The predicted molar refractivity (Wildman–Crippen MR) is 172 cm³/mol. The van der Waals surface area contributed by atoms with Gasteiger partial charge >= 0.3 is 6.03 Å². The molecule has 0 spiro atoms. The highest BCUT2D eigenvalue weighted by atomic mass is 16.5. The van der Waals surface area contributed by atoms with Crippen molar-refractivity contribution in [2.24, 2.45) is 5.41 Å². The van der Waals surface area contributed by atoms with E-state index in [1.54, 1.807) is 29.2 Å². The fraction of sp³-hybridized carbons (Fsp3) is 0.406. The second kappa shape index (κ2) is 12.0. The van der Waals surface area contributed by atoms with Crippen molar-refractivity contribution in [2.75, 3.05) is 29.5 Å². The summed E-state index contributed by atoms with van der Waals surface area (Å²) < 4.78 is 7.15. The second-order valence-electron chi connectivity index (χ2n) is 13.3. The molecule has 0 unspecified atom stereocenters. The van der Waals surface area contributed by atoms with Crippen molar-refractivity contribution in [1.29, 1.82) is 0 Å². The molecule has 3 amide bonds. The average Bonchev–Trinajstić information content (AvgIpc) is 3.62. The number of nitrogens with zero attached hydrogens (tertiary/aromatic N) is 7. The maximum atomic E-state index is 13.3. The van der Waals surface area contributed by atoms with Crippen LogP contribution in [0.5, 0.6) is 0 Å². The highest BCUT2D eigenvalue weighted by Gasteiger charge is 2.30. The summed E-state index contributed by atoms with van der Waals surface area (Å²) in [5.74, 6) is 0.994. The molecule has 0 saturated carbocycles. The van der Waals surface area contributed by atoms with E-state index in [1.807, 2.05) is 58.4 Å². The van der Waals surface area contributed by atoms with E-state index in [-0.39, 0.29) is 34.3 Å². The Hall–Kier alpha value is -5.25. The number of piperidine rings is 1. The van der Waals surface area contributed by atoms with E-state index in [4.69, 9.17) is 21.9 Å². The van der Waals surface area contributed by atoms with Crippen molar-refractivity contribution >= 4 is 40.3 Å². The standard InChI is InChI=1S/C32H38N10O3/c1-31(2,3)16-22(34-7)29(43)41-14-8-9-21(17-41)42-28-25(27(33)35-18-36-28)26(39-42)19-10-12-20(13-11-19)37-30(44)38-24-15-23(45-40-24)32(4,5)6/h10-13,15-16,18,21H,8-9,14,17H2,1-6H3,(H2,33,35,36)(H2,37,38,40,44)/b22-16-/t21-/m1/s1. The predicted octanol–water partition coefficient (Wildman–Crippen LogP) is 6.02. The molecule has 1 aromatic carbocycles. The Bertz CT molecular complexity index is 1800. The largest absolute Gasteiger partial charge is 0.383 e. The minimum absolute atomic E-state index is 0.124. The first kappa shape index (κ1) is 31.2. The molecular weight excluding hydrogens is 572 g/mol. The number of carbonyl (C=O) groups excluding carboxylic acids is 2. The van der Waals surface area contributed by atoms with Crippen molar-refractivity contribution in [2.45, 2.75) is 65.8 Å². The van der Waals surface area contributed by atoms with Gasteiger partial charge in [-0.2, -0.15) is 5.10 Å². The van der Waals surface area contributed by atoms with Crippen LogP contribution in [0.2, 0.25) is 0 Å². The topological polar surface area (TPSA) is 161 Å². The van der Waals surface area contributed by atoms with Crippen LogP contribution in [0, 0.1) is 12.0 Å². The number of hydrogen-bond donors (Lipinski definition) is 3. The molecule has 4 aromatic rings. The first-order chi connectivity index (χ1) is 21.2. The van der Waals surface area contributed by atoms with Gasteiger partial charge in [-0.1, -0.05) is 64.9 Å².